The summed E-state index contributed by atoms with van der Waals surface area (Å²) in [5, 5.41) is 0. The number of hydrogen-bond donors (Lipinski definition) is 0. The van der Waals surface area contributed by atoms with Crippen molar-refractivity contribution in [2.75, 3.05) is 13.2 Å². The van der Waals surface area contributed by atoms with E-state index in [0.29, 0.717) is 6.61 Å². The van der Waals surface area contributed by atoms with Crippen molar-refractivity contribution in [1.29, 1.82) is 0 Å². The quantitative estimate of drug-likeness (QED) is 0.280. The fourth-order valence-electron chi connectivity index (χ4n) is 2.54. The standard InChI is InChI=1S/C21H32O2/c1-3-4-5-6-7-8-9-10-11-12-19-13-15-20(16-14-19)22-17-21(2)18-23-21/h5-6,13-16H,3-4,7-12,17-18H2,1-2H3/b6-5+. The molecule has 0 amide bonds. The highest BCUT2D eigenvalue weighted by atomic mass is 16.6. The van der Waals surface area contributed by atoms with Crippen LogP contribution < -0.4 is 4.74 Å². The Morgan fingerprint density at radius 2 is 1.74 bits per heavy atom. The van der Waals surface area contributed by atoms with Crippen LogP contribution in [0.25, 0.3) is 0 Å². The van der Waals surface area contributed by atoms with Crippen LogP contribution in [0.1, 0.15) is 64.4 Å². The zero-order valence-corrected chi connectivity index (χ0v) is 14.9. The molecule has 1 unspecified atom stereocenters. The first kappa shape index (κ1) is 18.1. The van der Waals surface area contributed by atoms with Gasteiger partial charge in [0.25, 0.3) is 0 Å². The second kappa shape index (κ2) is 9.77. The fraction of sp³-hybridized carbons (Fsp3) is 0.619. The van der Waals surface area contributed by atoms with Gasteiger partial charge in [0.15, 0.2) is 0 Å². The Labute approximate surface area is 141 Å². The molecule has 23 heavy (non-hydrogen) atoms. The Morgan fingerprint density at radius 1 is 1.04 bits per heavy atom. The molecule has 1 atom stereocenters. The van der Waals surface area contributed by atoms with E-state index in [1.807, 2.05) is 0 Å². The second-order valence-electron chi connectivity index (χ2n) is 6.88. The summed E-state index contributed by atoms with van der Waals surface area (Å²) < 4.78 is 11.1. The first-order valence-electron chi connectivity index (χ1n) is 9.22. The lowest BCUT2D eigenvalue weighted by atomic mass is 10.1. The molecule has 1 fully saturated rings. The third kappa shape index (κ3) is 7.69. The van der Waals surface area contributed by atoms with Crippen LogP contribution in [0.3, 0.4) is 0 Å². The molecule has 0 spiro atoms. The predicted molar refractivity (Wildman–Crippen MR) is 97.1 cm³/mol. The molecule has 0 aliphatic carbocycles. The van der Waals surface area contributed by atoms with Crippen LogP contribution in [0.5, 0.6) is 5.75 Å². The number of aryl methyl sites for hydroxylation is 1. The number of epoxide rings is 1. The molecule has 0 bridgehead atoms. The summed E-state index contributed by atoms with van der Waals surface area (Å²) in [7, 11) is 0. The van der Waals surface area contributed by atoms with E-state index in [2.05, 4.69) is 50.3 Å². The van der Waals surface area contributed by atoms with Crippen LogP contribution in [0.15, 0.2) is 36.4 Å². The molecule has 128 valence electrons. The zero-order chi connectivity index (χ0) is 16.4. The second-order valence-corrected chi connectivity index (χ2v) is 6.88. The highest BCUT2D eigenvalue weighted by Gasteiger charge is 2.40. The van der Waals surface area contributed by atoms with Crippen molar-refractivity contribution in [3.63, 3.8) is 0 Å². The maximum atomic E-state index is 5.75. The van der Waals surface area contributed by atoms with E-state index < -0.39 is 0 Å². The lowest BCUT2D eigenvalue weighted by Gasteiger charge is -2.09. The summed E-state index contributed by atoms with van der Waals surface area (Å²) in [5.74, 6) is 0.948. The Bertz CT molecular complexity index is 457. The minimum Gasteiger partial charge on any atom is -0.491 e. The van der Waals surface area contributed by atoms with E-state index in [-0.39, 0.29) is 5.60 Å². The summed E-state index contributed by atoms with van der Waals surface area (Å²) in [6.07, 6.45) is 14.8. The Morgan fingerprint density at radius 3 is 2.43 bits per heavy atom. The molecule has 1 aliphatic heterocycles. The maximum Gasteiger partial charge on any atom is 0.123 e. The molecular weight excluding hydrogens is 284 g/mol. The van der Waals surface area contributed by atoms with Gasteiger partial charge in [0.05, 0.1) is 6.61 Å². The first-order chi connectivity index (χ1) is 11.2. The van der Waals surface area contributed by atoms with E-state index in [4.69, 9.17) is 9.47 Å². The van der Waals surface area contributed by atoms with Gasteiger partial charge in [-0.25, -0.2) is 0 Å². The molecule has 1 heterocycles. The molecule has 1 aromatic carbocycles. The fourth-order valence-corrected chi connectivity index (χ4v) is 2.54. The minimum absolute atomic E-state index is 0.0373. The maximum absolute atomic E-state index is 5.75. The lowest BCUT2D eigenvalue weighted by molar-refractivity contribution is 0.202. The average Bonchev–Trinajstić information content (AvgIpc) is 3.30. The van der Waals surface area contributed by atoms with Crippen LogP contribution in [0, 0.1) is 0 Å². The smallest absolute Gasteiger partial charge is 0.123 e. The predicted octanol–water partition coefficient (Wildman–Crippen LogP) is 5.70. The van der Waals surface area contributed by atoms with E-state index >= 15 is 0 Å². The third-order valence-electron chi connectivity index (χ3n) is 4.31. The van der Waals surface area contributed by atoms with Crippen LogP contribution >= 0.6 is 0 Å². The van der Waals surface area contributed by atoms with Gasteiger partial charge in [-0.2, -0.15) is 0 Å². The number of allylic oxidation sites excluding steroid dienone is 2. The van der Waals surface area contributed by atoms with Crippen molar-refractivity contribution in [1.82, 2.24) is 0 Å². The molecule has 1 aliphatic rings. The van der Waals surface area contributed by atoms with Crippen molar-refractivity contribution in [3.8, 4) is 5.75 Å². The van der Waals surface area contributed by atoms with Crippen molar-refractivity contribution < 1.29 is 9.47 Å². The lowest BCUT2D eigenvalue weighted by Crippen LogP contribution is -2.16. The van der Waals surface area contributed by atoms with E-state index in [1.54, 1.807) is 0 Å². The molecule has 0 aromatic heterocycles. The van der Waals surface area contributed by atoms with Gasteiger partial charge in [0, 0.05) is 0 Å². The van der Waals surface area contributed by atoms with Crippen LogP contribution in [-0.2, 0) is 11.2 Å². The number of ether oxygens (including phenoxy) is 2. The van der Waals surface area contributed by atoms with E-state index in [1.165, 1.54) is 56.9 Å². The van der Waals surface area contributed by atoms with Gasteiger partial charge in [-0.15, -0.1) is 0 Å². The number of rotatable bonds is 12. The van der Waals surface area contributed by atoms with Crippen molar-refractivity contribution in [2.24, 2.45) is 0 Å². The molecule has 0 saturated carbocycles. The third-order valence-corrected chi connectivity index (χ3v) is 4.31. The zero-order valence-electron chi connectivity index (χ0n) is 14.9. The van der Waals surface area contributed by atoms with Gasteiger partial charge in [-0.05, 0) is 56.7 Å². The van der Waals surface area contributed by atoms with Gasteiger partial charge in [-0.3, -0.25) is 0 Å². The topological polar surface area (TPSA) is 21.8 Å². The van der Waals surface area contributed by atoms with Crippen molar-refractivity contribution >= 4 is 0 Å². The summed E-state index contributed by atoms with van der Waals surface area (Å²) in [5.41, 5.74) is 1.37. The number of benzene rings is 1. The SMILES string of the molecule is CCC/C=C/CCCCCCc1ccc(OCC2(C)CO2)cc1. The van der Waals surface area contributed by atoms with Gasteiger partial charge in [0.1, 0.15) is 18.0 Å². The summed E-state index contributed by atoms with van der Waals surface area (Å²) in [4.78, 5) is 0. The van der Waals surface area contributed by atoms with Gasteiger partial charge in [-0.1, -0.05) is 50.5 Å². The molecule has 0 radical (unpaired) electrons. The number of unbranched alkanes of at least 4 members (excludes halogenated alkanes) is 5. The Kier molecular flexibility index (Phi) is 7.67. The van der Waals surface area contributed by atoms with E-state index in [9.17, 15) is 0 Å². The van der Waals surface area contributed by atoms with Crippen LogP contribution in [0.2, 0.25) is 0 Å². The summed E-state index contributed by atoms with van der Waals surface area (Å²) in [6, 6.07) is 8.55. The average molecular weight is 316 g/mol. The first-order valence-corrected chi connectivity index (χ1v) is 9.22. The molecule has 1 aromatic rings. The van der Waals surface area contributed by atoms with Gasteiger partial charge >= 0.3 is 0 Å². The normalized spacial score (nSPS) is 20.1. The summed E-state index contributed by atoms with van der Waals surface area (Å²) >= 11 is 0. The van der Waals surface area contributed by atoms with Crippen LogP contribution in [-0.4, -0.2) is 18.8 Å². The molecule has 1 saturated heterocycles. The highest BCUT2D eigenvalue weighted by Crippen LogP contribution is 2.27. The molecular formula is C21H32O2. The van der Waals surface area contributed by atoms with Crippen molar-refractivity contribution in [3.05, 3.63) is 42.0 Å². The number of hydrogen-bond acceptors (Lipinski definition) is 2. The summed E-state index contributed by atoms with van der Waals surface area (Å²) in [6.45, 7) is 5.78. The van der Waals surface area contributed by atoms with Crippen LogP contribution in [0.4, 0.5) is 0 Å². The van der Waals surface area contributed by atoms with Gasteiger partial charge < -0.3 is 9.47 Å². The van der Waals surface area contributed by atoms with Crippen molar-refractivity contribution in [2.45, 2.75) is 70.8 Å². The Hall–Kier alpha value is -1.28. The Balaban J connectivity index is 1.52. The highest BCUT2D eigenvalue weighted by molar-refractivity contribution is 5.27. The molecule has 2 nitrogen and oxygen atoms in total. The van der Waals surface area contributed by atoms with Gasteiger partial charge in [0.2, 0.25) is 0 Å². The monoisotopic (exact) mass is 316 g/mol. The molecule has 2 heteroatoms. The largest absolute Gasteiger partial charge is 0.491 e. The van der Waals surface area contributed by atoms with E-state index in [0.717, 1.165) is 12.4 Å². The molecule has 0 N–H and O–H groups in total. The molecule has 2 rings (SSSR count). The minimum atomic E-state index is -0.0373.